The summed E-state index contributed by atoms with van der Waals surface area (Å²) in [6, 6.07) is 12.0. The lowest BCUT2D eigenvalue weighted by atomic mass is 10.0. The van der Waals surface area contributed by atoms with Gasteiger partial charge in [0.25, 0.3) is 0 Å². The fourth-order valence-corrected chi connectivity index (χ4v) is 2.65. The van der Waals surface area contributed by atoms with E-state index in [0.717, 1.165) is 5.69 Å². The number of carbonyl (C=O) groups is 1. The van der Waals surface area contributed by atoms with Crippen molar-refractivity contribution in [3.05, 3.63) is 71.3 Å². The zero-order valence-corrected chi connectivity index (χ0v) is 14.4. The molecule has 25 heavy (non-hydrogen) atoms. The summed E-state index contributed by atoms with van der Waals surface area (Å²) in [5.74, 6) is 0.233. The molecule has 1 amide bonds. The van der Waals surface area contributed by atoms with Crippen molar-refractivity contribution < 1.29 is 4.79 Å². The minimum atomic E-state index is -0.0874. The van der Waals surface area contributed by atoms with E-state index in [9.17, 15) is 4.79 Å². The highest BCUT2D eigenvalue weighted by Crippen LogP contribution is 2.13. The predicted octanol–water partition coefficient (Wildman–Crippen LogP) is 2.91. The van der Waals surface area contributed by atoms with Gasteiger partial charge >= 0.3 is 0 Å². The van der Waals surface area contributed by atoms with E-state index in [2.05, 4.69) is 52.4 Å². The van der Waals surface area contributed by atoms with Crippen LogP contribution in [0.4, 0.5) is 5.95 Å². The SMILES string of the molecule is Cc1ccc(CCC(=O)Nc2ncn(Cc3ccccn3)n2)c(C)c1. The van der Waals surface area contributed by atoms with Gasteiger partial charge in [0, 0.05) is 12.6 Å². The van der Waals surface area contributed by atoms with Gasteiger partial charge in [0.05, 0.1) is 12.2 Å². The number of amides is 1. The number of anilines is 1. The van der Waals surface area contributed by atoms with E-state index in [1.807, 2.05) is 18.2 Å². The molecule has 0 atom stereocenters. The second-order valence-corrected chi connectivity index (χ2v) is 6.06. The molecule has 2 heterocycles. The highest BCUT2D eigenvalue weighted by atomic mass is 16.1. The second-order valence-electron chi connectivity index (χ2n) is 6.06. The summed E-state index contributed by atoms with van der Waals surface area (Å²) in [7, 11) is 0. The molecule has 0 spiro atoms. The minimum absolute atomic E-state index is 0.0874. The zero-order chi connectivity index (χ0) is 17.6. The van der Waals surface area contributed by atoms with Gasteiger partial charge in [0.15, 0.2) is 0 Å². The lowest BCUT2D eigenvalue weighted by Gasteiger charge is -2.06. The number of hydrogen-bond donors (Lipinski definition) is 1. The Morgan fingerprint density at radius 3 is 2.80 bits per heavy atom. The Morgan fingerprint density at radius 2 is 2.04 bits per heavy atom. The molecule has 0 aliphatic carbocycles. The van der Waals surface area contributed by atoms with Crippen LogP contribution in [-0.4, -0.2) is 25.7 Å². The van der Waals surface area contributed by atoms with Crippen LogP contribution in [-0.2, 0) is 17.8 Å². The molecule has 0 bridgehead atoms. The molecular formula is C19H21N5O. The van der Waals surface area contributed by atoms with Crippen LogP contribution >= 0.6 is 0 Å². The topological polar surface area (TPSA) is 72.7 Å². The summed E-state index contributed by atoms with van der Waals surface area (Å²) >= 11 is 0. The van der Waals surface area contributed by atoms with Crippen molar-refractivity contribution in [2.75, 3.05) is 5.32 Å². The Bertz CT molecular complexity index is 857. The Kier molecular flexibility index (Phi) is 5.18. The maximum absolute atomic E-state index is 12.1. The average Bonchev–Trinajstić information content (AvgIpc) is 3.02. The average molecular weight is 335 g/mol. The highest BCUT2D eigenvalue weighted by Gasteiger charge is 2.08. The molecule has 0 saturated carbocycles. The Hall–Kier alpha value is -3.02. The molecule has 128 valence electrons. The van der Waals surface area contributed by atoms with Gasteiger partial charge in [-0.15, -0.1) is 5.10 Å². The molecule has 0 aliphatic rings. The molecule has 0 fully saturated rings. The molecule has 0 radical (unpaired) electrons. The van der Waals surface area contributed by atoms with Gasteiger partial charge < -0.3 is 0 Å². The van der Waals surface area contributed by atoms with Crippen LogP contribution < -0.4 is 5.32 Å². The number of benzene rings is 1. The number of aryl methyl sites for hydroxylation is 3. The molecule has 6 nitrogen and oxygen atoms in total. The van der Waals surface area contributed by atoms with E-state index < -0.39 is 0 Å². The second kappa shape index (κ2) is 7.70. The maximum Gasteiger partial charge on any atom is 0.248 e. The Morgan fingerprint density at radius 1 is 1.16 bits per heavy atom. The van der Waals surface area contributed by atoms with Crippen LogP contribution in [0.2, 0.25) is 0 Å². The number of nitrogens with zero attached hydrogens (tertiary/aromatic N) is 4. The standard InChI is InChI=1S/C19H21N5O/c1-14-6-7-16(15(2)11-14)8-9-18(25)22-19-21-13-24(23-19)12-17-5-3-4-10-20-17/h3-7,10-11,13H,8-9,12H2,1-2H3,(H,22,23,25). The number of aromatic nitrogens is 4. The largest absolute Gasteiger partial charge is 0.293 e. The molecule has 0 aliphatic heterocycles. The monoisotopic (exact) mass is 335 g/mol. The van der Waals surface area contributed by atoms with Crippen LogP contribution in [0.25, 0.3) is 0 Å². The quantitative estimate of drug-likeness (QED) is 0.752. The van der Waals surface area contributed by atoms with Gasteiger partial charge in [-0.3, -0.25) is 15.1 Å². The molecule has 0 saturated heterocycles. The smallest absolute Gasteiger partial charge is 0.248 e. The third-order valence-electron chi connectivity index (χ3n) is 3.96. The maximum atomic E-state index is 12.1. The van der Waals surface area contributed by atoms with Crippen LogP contribution in [0.15, 0.2) is 48.9 Å². The molecule has 1 aromatic carbocycles. The van der Waals surface area contributed by atoms with Crippen molar-refractivity contribution in [1.82, 2.24) is 19.7 Å². The number of pyridine rings is 1. The first kappa shape index (κ1) is 16.8. The van der Waals surface area contributed by atoms with Gasteiger partial charge in [-0.2, -0.15) is 0 Å². The first-order valence-electron chi connectivity index (χ1n) is 8.25. The third-order valence-corrected chi connectivity index (χ3v) is 3.96. The lowest BCUT2D eigenvalue weighted by molar-refractivity contribution is -0.116. The summed E-state index contributed by atoms with van der Waals surface area (Å²) in [6.45, 7) is 4.66. The van der Waals surface area contributed by atoms with E-state index in [-0.39, 0.29) is 5.91 Å². The summed E-state index contributed by atoms with van der Waals surface area (Å²) < 4.78 is 1.65. The van der Waals surface area contributed by atoms with E-state index in [1.54, 1.807) is 17.2 Å². The lowest BCUT2D eigenvalue weighted by Crippen LogP contribution is -2.14. The molecular weight excluding hydrogens is 314 g/mol. The third kappa shape index (κ3) is 4.73. The molecule has 1 N–H and O–H groups in total. The van der Waals surface area contributed by atoms with E-state index in [1.165, 1.54) is 16.7 Å². The van der Waals surface area contributed by atoms with Crippen LogP contribution in [0, 0.1) is 13.8 Å². The van der Waals surface area contributed by atoms with Crippen LogP contribution in [0.3, 0.4) is 0 Å². The molecule has 2 aromatic heterocycles. The minimum Gasteiger partial charge on any atom is -0.293 e. The van der Waals surface area contributed by atoms with Gasteiger partial charge in [-0.05, 0) is 43.5 Å². The first-order valence-corrected chi connectivity index (χ1v) is 8.25. The molecule has 0 unspecified atom stereocenters. The fraction of sp³-hybridized carbons (Fsp3) is 0.263. The normalized spacial score (nSPS) is 10.6. The van der Waals surface area contributed by atoms with Crippen molar-refractivity contribution in [1.29, 1.82) is 0 Å². The van der Waals surface area contributed by atoms with Crippen molar-refractivity contribution in [2.45, 2.75) is 33.2 Å². The van der Waals surface area contributed by atoms with Gasteiger partial charge in [0.2, 0.25) is 11.9 Å². The van der Waals surface area contributed by atoms with Gasteiger partial charge in [-0.1, -0.05) is 29.8 Å². The number of nitrogens with one attached hydrogen (secondary N) is 1. The summed E-state index contributed by atoms with van der Waals surface area (Å²) in [5.41, 5.74) is 4.52. The van der Waals surface area contributed by atoms with Gasteiger partial charge in [-0.25, -0.2) is 9.67 Å². The number of rotatable bonds is 6. The summed E-state index contributed by atoms with van der Waals surface area (Å²) in [6.07, 6.45) is 4.43. The molecule has 3 rings (SSSR count). The number of carbonyl (C=O) groups excluding carboxylic acids is 1. The molecule has 6 heteroatoms. The fourth-order valence-electron chi connectivity index (χ4n) is 2.65. The van der Waals surface area contributed by atoms with Gasteiger partial charge in [0.1, 0.15) is 6.33 Å². The van der Waals surface area contributed by atoms with Crippen molar-refractivity contribution in [2.24, 2.45) is 0 Å². The van der Waals surface area contributed by atoms with E-state index >= 15 is 0 Å². The highest BCUT2D eigenvalue weighted by molar-refractivity contribution is 5.88. The summed E-state index contributed by atoms with van der Waals surface area (Å²) in [5, 5.41) is 7.01. The number of hydrogen-bond acceptors (Lipinski definition) is 4. The van der Waals surface area contributed by atoms with Crippen molar-refractivity contribution in [3.8, 4) is 0 Å². The van der Waals surface area contributed by atoms with Crippen molar-refractivity contribution >= 4 is 11.9 Å². The zero-order valence-electron chi connectivity index (χ0n) is 14.4. The van der Waals surface area contributed by atoms with Crippen molar-refractivity contribution in [3.63, 3.8) is 0 Å². The predicted molar refractivity (Wildman–Crippen MR) is 96.2 cm³/mol. The Labute approximate surface area is 146 Å². The Balaban J connectivity index is 1.53. The van der Waals surface area contributed by atoms with E-state index in [4.69, 9.17) is 0 Å². The first-order chi connectivity index (χ1) is 12.1. The summed E-state index contributed by atoms with van der Waals surface area (Å²) in [4.78, 5) is 20.5. The van der Waals surface area contributed by atoms with Crippen LogP contribution in [0.1, 0.15) is 28.8 Å². The molecule has 3 aromatic rings. The van der Waals surface area contributed by atoms with Crippen LogP contribution in [0.5, 0.6) is 0 Å². The van der Waals surface area contributed by atoms with E-state index in [0.29, 0.717) is 25.3 Å².